The predicted molar refractivity (Wildman–Crippen MR) is 112 cm³/mol. The zero-order valence-corrected chi connectivity index (χ0v) is 17.9. The summed E-state index contributed by atoms with van der Waals surface area (Å²) in [6.07, 6.45) is 1.38. The van der Waals surface area contributed by atoms with Crippen molar-refractivity contribution in [3.63, 3.8) is 0 Å². The van der Waals surface area contributed by atoms with Gasteiger partial charge in [-0.25, -0.2) is 0 Å². The minimum atomic E-state index is -0.352. The van der Waals surface area contributed by atoms with Gasteiger partial charge < -0.3 is 15.1 Å². The van der Waals surface area contributed by atoms with Crippen LogP contribution in [0.3, 0.4) is 0 Å². The molecule has 6 heteroatoms. The van der Waals surface area contributed by atoms with Gasteiger partial charge in [0.1, 0.15) is 0 Å². The molecule has 1 aliphatic heterocycles. The van der Waals surface area contributed by atoms with E-state index < -0.39 is 0 Å². The Morgan fingerprint density at radius 2 is 1.78 bits per heavy atom. The van der Waals surface area contributed by atoms with Crippen molar-refractivity contribution in [2.24, 2.45) is 11.3 Å². The van der Waals surface area contributed by atoms with Crippen LogP contribution < -0.4 is 10.2 Å². The molecule has 1 saturated heterocycles. The summed E-state index contributed by atoms with van der Waals surface area (Å²) >= 11 is 6.47. The quantitative estimate of drug-likeness (QED) is 0.806. The van der Waals surface area contributed by atoms with Crippen LogP contribution in [0.1, 0.15) is 47.5 Å². The molecule has 0 bridgehead atoms. The lowest BCUT2D eigenvalue weighted by Crippen LogP contribution is -2.51. The topological polar surface area (TPSA) is 52.7 Å². The minimum absolute atomic E-state index is 0.0156. The lowest BCUT2D eigenvalue weighted by molar-refractivity contribution is -0.139. The Morgan fingerprint density at radius 1 is 1.15 bits per heavy atom. The summed E-state index contributed by atoms with van der Waals surface area (Å²) in [5.74, 6) is 0.708. The number of hydrogen-bond acceptors (Lipinski definition) is 3. The molecular formula is C21H32ClN3O2. The summed E-state index contributed by atoms with van der Waals surface area (Å²) in [6, 6.07) is 5.64. The summed E-state index contributed by atoms with van der Waals surface area (Å²) in [7, 11) is 0. The average Bonchev–Trinajstić information content (AvgIpc) is 2.59. The molecule has 0 unspecified atom stereocenters. The normalized spacial score (nSPS) is 15.2. The van der Waals surface area contributed by atoms with Crippen molar-refractivity contribution in [3.05, 3.63) is 23.2 Å². The van der Waals surface area contributed by atoms with E-state index >= 15 is 0 Å². The number of carbonyl (C=O) groups excluding carboxylic acids is 2. The zero-order chi connectivity index (χ0) is 20.2. The first-order valence-electron chi connectivity index (χ1n) is 9.71. The van der Waals surface area contributed by atoms with Gasteiger partial charge in [0.2, 0.25) is 11.8 Å². The summed E-state index contributed by atoms with van der Waals surface area (Å²) in [5.41, 5.74) is 1.31. The number of piperazine rings is 1. The van der Waals surface area contributed by atoms with E-state index in [0.717, 1.165) is 30.9 Å². The Labute approximate surface area is 168 Å². The van der Waals surface area contributed by atoms with E-state index in [9.17, 15) is 9.59 Å². The first kappa shape index (κ1) is 21.5. The Balaban J connectivity index is 1.95. The van der Waals surface area contributed by atoms with Crippen LogP contribution in [0.25, 0.3) is 0 Å². The van der Waals surface area contributed by atoms with Gasteiger partial charge in [-0.1, -0.05) is 46.2 Å². The number of halogens is 1. The Bertz CT molecular complexity index is 674. The van der Waals surface area contributed by atoms with Crippen molar-refractivity contribution in [2.75, 3.05) is 36.4 Å². The third-order valence-electron chi connectivity index (χ3n) is 4.73. The third-order valence-corrected chi connectivity index (χ3v) is 5.03. The highest BCUT2D eigenvalue weighted by atomic mass is 35.5. The van der Waals surface area contributed by atoms with Gasteiger partial charge in [0.05, 0.1) is 10.7 Å². The molecule has 0 radical (unpaired) electrons. The van der Waals surface area contributed by atoms with Crippen LogP contribution in [-0.4, -0.2) is 42.9 Å². The largest absolute Gasteiger partial charge is 0.367 e. The molecule has 1 N–H and O–H groups in total. The van der Waals surface area contributed by atoms with Crippen molar-refractivity contribution >= 4 is 34.8 Å². The Morgan fingerprint density at radius 3 is 2.30 bits per heavy atom. The minimum Gasteiger partial charge on any atom is -0.367 e. The van der Waals surface area contributed by atoms with Gasteiger partial charge >= 0.3 is 0 Å². The second-order valence-corrected chi connectivity index (χ2v) is 9.08. The van der Waals surface area contributed by atoms with Gasteiger partial charge in [-0.15, -0.1) is 0 Å². The number of carbonyl (C=O) groups is 2. The number of rotatable bonds is 5. The zero-order valence-electron chi connectivity index (χ0n) is 17.1. The van der Waals surface area contributed by atoms with Gasteiger partial charge in [0.25, 0.3) is 0 Å². The molecule has 5 nitrogen and oxygen atoms in total. The maximum atomic E-state index is 12.4. The predicted octanol–water partition coefficient (Wildman–Crippen LogP) is 4.41. The second kappa shape index (κ2) is 8.96. The number of benzene rings is 1. The van der Waals surface area contributed by atoms with E-state index in [4.69, 9.17) is 11.6 Å². The van der Waals surface area contributed by atoms with Crippen molar-refractivity contribution in [1.29, 1.82) is 0 Å². The van der Waals surface area contributed by atoms with Crippen LogP contribution in [0.15, 0.2) is 18.2 Å². The maximum Gasteiger partial charge on any atom is 0.228 e. The molecule has 0 saturated carbocycles. The molecule has 2 amide bonds. The van der Waals surface area contributed by atoms with Crippen molar-refractivity contribution in [1.82, 2.24) is 4.90 Å². The molecule has 1 aromatic carbocycles. The van der Waals surface area contributed by atoms with Crippen LogP contribution in [0, 0.1) is 11.3 Å². The third kappa shape index (κ3) is 6.13. The number of nitrogens with zero attached hydrogens (tertiary/aromatic N) is 2. The molecule has 1 heterocycles. The summed E-state index contributed by atoms with van der Waals surface area (Å²) in [4.78, 5) is 28.5. The van der Waals surface area contributed by atoms with Crippen LogP contribution in [0.2, 0.25) is 5.02 Å². The smallest absolute Gasteiger partial charge is 0.228 e. The van der Waals surface area contributed by atoms with E-state index in [0.29, 0.717) is 30.5 Å². The lowest BCUT2D eigenvalue weighted by Gasteiger charge is -2.39. The van der Waals surface area contributed by atoms with Gasteiger partial charge in [0, 0.05) is 43.7 Å². The fourth-order valence-corrected chi connectivity index (χ4v) is 3.41. The highest BCUT2D eigenvalue weighted by Crippen LogP contribution is 2.30. The van der Waals surface area contributed by atoms with Gasteiger partial charge in [0.15, 0.2) is 0 Å². The molecule has 2 rings (SSSR count). The van der Waals surface area contributed by atoms with Gasteiger partial charge in [-0.05, 0) is 30.5 Å². The number of amides is 2. The lowest BCUT2D eigenvalue weighted by atomic mass is 9.94. The highest BCUT2D eigenvalue weighted by Gasteiger charge is 2.30. The molecule has 0 spiro atoms. The fourth-order valence-electron chi connectivity index (χ4n) is 3.11. The van der Waals surface area contributed by atoms with E-state index in [2.05, 4.69) is 24.1 Å². The molecule has 0 aliphatic carbocycles. The SMILES string of the molecule is CC(C)CCC(=O)Nc1ccc(N2CCN(C(=O)C(C)(C)C)CC2)c(Cl)c1. The van der Waals surface area contributed by atoms with Crippen molar-refractivity contribution in [2.45, 2.75) is 47.5 Å². The van der Waals surface area contributed by atoms with E-state index in [-0.39, 0.29) is 17.2 Å². The number of hydrogen-bond donors (Lipinski definition) is 1. The summed E-state index contributed by atoms with van der Waals surface area (Å²) in [6.45, 7) is 13.0. The van der Waals surface area contributed by atoms with Gasteiger partial charge in [-0.2, -0.15) is 0 Å². The summed E-state index contributed by atoms with van der Waals surface area (Å²) < 4.78 is 0. The number of nitrogens with one attached hydrogen (secondary N) is 1. The van der Waals surface area contributed by atoms with Crippen molar-refractivity contribution < 1.29 is 9.59 Å². The van der Waals surface area contributed by atoms with E-state index in [1.54, 1.807) is 6.07 Å². The van der Waals surface area contributed by atoms with Crippen LogP contribution in [0.5, 0.6) is 0 Å². The molecule has 0 aromatic heterocycles. The standard InChI is InChI=1S/C21H32ClN3O2/c1-15(2)6-9-19(26)23-16-7-8-18(17(22)14-16)24-10-12-25(13-11-24)20(27)21(3,4)5/h7-8,14-15H,6,9-13H2,1-5H3,(H,23,26). The highest BCUT2D eigenvalue weighted by molar-refractivity contribution is 6.33. The molecule has 27 heavy (non-hydrogen) atoms. The Hall–Kier alpha value is -1.75. The van der Waals surface area contributed by atoms with E-state index in [1.807, 2.05) is 37.8 Å². The van der Waals surface area contributed by atoms with Crippen LogP contribution in [0.4, 0.5) is 11.4 Å². The Kier molecular flexibility index (Phi) is 7.15. The molecule has 1 fully saturated rings. The van der Waals surface area contributed by atoms with Crippen LogP contribution >= 0.6 is 11.6 Å². The molecule has 0 atom stereocenters. The molecular weight excluding hydrogens is 362 g/mol. The van der Waals surface area contributed by atoms with Gasteiger partial charge in [-0.3, -0.25) is 9.59 Å². The maximum absolute atomic E-state index is 12.4. The first-order chi connectivity index (χ1) is 12.6. The van der Waals surface area contributed by atoms with Crippen LogP contribution in [-0.2, 0) is 9.59 Å². The molecule has 1 aliphatic rings. The monoisotopic (exact) mass is 393 g/mol. The fraction of sp³-hybridized carbons (Fsp3) is 0.619. The average molecular weight is 394 g/mol. The van der Waals surface area contributed by atoms with E-state index in [1.165, 1.54) is 0 Å². The first-order valence-corrected chi connectivity index (χ1v) is 10.1. The number of anilines is 2. The second-order valence-electron chi connectivity index (χ2n) is 8.68. The molecule has 1 aromatic rings. The molecule has 150 valence electrons. The van der Waals surface area contributed by atoms with Crippen molar-refractivity contribution in [3.8, 4) is 0 Å². The summed E-state index contributed by atoms with van der Waals surface area (Å²) in [5, 5.41) is 3.53.